The first-order valence-corrected chi connectivity index (χ1v) is 13.6. The van der Waals surface area contributed by atoms with Gasteiger partial charge in [0.15, 0.2) is 11.5 Å². The predicted molar refractivity (Wildman–Crippen MR) is 151 cm³/mol. The summed E-state index contributed by atoms with van der Waals surface area (Å²) < 4.78 is 39.4. The fourth-order valence-electron chi connectivity index (χ4n) is 3.52. The van der Waals surface area contributed by atoms with Crippen molar-refractivity contribution >= 4 is 27.8 Å². The molecule has 0 heterocycles. The Kier molecular flexibility index (Phi) is 9.67. The summed E-state index contributed by atoms with van der Waals surface area (Å²) in [6.45, 7) is 11.6. The van der Waals surface area contributed by atoms with Crippen molar-refractivity contribution < 1.29 is 22.7 Å². The minimum Gasteiger partial charge on any atom is -0.490 e. The first-order valence-electron chi connectivity index (χ1n) is 12.1. The highest BCUT2D eigenvalue weighted by Gasteiger charge is 2.27. The van der Waals surface area contributed by atoms with Crippen molar-refractivity contribution in [2.45, 2.75) is 32.6 Å². The van der Waals surface area contributed by atoms with Crippen LogP contribution in [-0.2, 0) is 14.8 Å². The van der Waals surface area contributed by atoms with Crippen LogP contribution in [0.2, 0.25) is 0 Å². The average Bonchev–Trinajstić information content (AvgIpc) is 2.89. The maximum absolute atomic E-state index is 13.6. The Bertz CT molecular complexity index is 1420. The molecule has 0 aliphatic rings. The van der Waals surface area contributed by atoms with Gasteiger partial charge in [-0.25, -0.2) is 13.8 Å². The molecule has 0 saturated carbocycles. The summed E-state index contributed by atoms with van der Waals surface area (Å²) in [6.07, 6.45) is 3.09. The first-order chi connectivity index (χ1) is 18.1. The lowest BCUT2D eigenvalue weighted by molar-refractivity contribution is -0.119. The van der Waals surface area contributed by atoms with Gasteiger partial charge >= 0.3 is 0 Å². The molecule has 0 aliphatic carbocycles. The molecule has 0 unspecified atom stereocenters. The smallest absolute Gasteiger partial charge is 0.264 e. The number of hydrogen-bond donors (Lipinski definition) is 1. The van der Waals surface area contributed by atoms with Crippen LogP contribution in [0.4, 0.5) is 5.69 Å². The van der Waals surface area contributed by atoms with Crippen LogP contribution in [-0.4, -0.2) is 40.3 Å². The van der Waals surface area contributed by atoms with Crippen LogP contribution in [0.25, 0.3) is 0 Å². The van der Waals surface area contributed by atoms with Crippen LogP contribution in [0.1, 0.15) is 29.2 Å². The van der Waals surface area contributed by atoms with E-state index < -0.39 is 22.5 Å². The molecule has 0 aliphatic heterocycles. The number of hydrogen-bond acceptors (Lipinski definition) is 6. The molecule has 200 valence electrons. The fourth-order valence-corrected chi connectivity index (χ4v) is 4.93. The molecule has 0 saturated heterocycles. The van der Waals surface area contributed by atoms with Gasteiger partial charge < -0.3 is 9.47 Å². The Morgan fingerprint density at radius 3 is 2.37 bits per heavy atom. The number of sulfonamides is 1. The van der Waals surface area contributed by atoms with Crippen LogP contribution in [0.5, 0.6) is 11.5 Å². The Balaban J connectivity index is 1.81. The highest BCUT2D eigenvalue weighted by atomic mass is 32.2. The molecule has 0 bridgehead atoms. The number of carbonyl (C=O) groups excluding carboxylic acids is 1. The van der Waals surface area contributed by atoms with Gasteiger partial charge in [0.2, 0.25) is 0 Å². The zero-order chi connectivity index (χ0) is 27.7. The lowest BCUT2D eigenvalue weighted by Gasteiger charge is -2.24. The summed E-state index contributed by atoms with van der Waals surface area (Å²) >= 11 is 0. The second kappa shape index (κ2) is 12.9. The van der Waals surface area contributed by atoms with Gasteiger partial charge in [-0.05, 0) is 86.8 Å². The maximum atomic E-state index is 13.6. The fraction of sp³-hybridized carbons (Fsp3) is 0.241. The van der Waals surface area contributed by atoms with E-state index in [1.807, 2.05) is 33.8 Å². The predicted octanol–water partition coefficient (Wildman–Crippen LogP) is 4.92. The standard InChI is InChI=1S/C29H33N3O5S/c1-6-16-37-27-15-11-24(18-28(27)36-7-2)19-30-31-29(33)20-32(25-12-10-22(4)23(5)17-25)38(34,35)26-13-8-21(3)9-14-26/h6,8-15,17-19H,1,7,16,20H2,2-5H3,(H,31,33)/b30-19-. The van der Waals surface area contributed by atoms with Crippen LogP contribution < -0.4 is 19.2 Å². The van der Waals surface area contributed by atoms with Crippen molar-refractivity contribution in [2.75, 3.05) is 24.1 Å². The van der Waals surface area contributed by atoms with Crippen LogP contribution in [0.3, 0.4) is 0 Å². The summed E-state index contributed by atoms with van der Waals surface area (Å²) in [5.41, 5.74) is 6.35. The molecule has 0 spiro atoms. The minimum absolute atomic E-state index is 0.0971. The topological polar surface area (TPSA) is 97.3 Å². The number of benzene rings is 3. The quantitative estimate of drug-likeness (QED) is 0.202. The van der Waals surface area contributed by atoms with E-state index in [2.05, 4.69) is 17.1 Å². The van der Waals surface area contributed by atoms with E-state index in [1.54, 1.807) is 48.5 Å². The van der Waals surface area contributed by atoms with Crippen LogP contribution in [0, 0.1) is 20.8 Å². The third kappa shape index (κ3) is 7.23. The zero-order valence-corrected chi connectivity index (χ0v) is 22.9. The molecule has 9 heteroatoms. The maximum Gasteiger partial charge on any atom is 0.264 e. The van der Waals surface area contributed by atoms with E-state index in [-0.39, 0.29) is 4.90 Å². The van der Waals surface area contributed by atoms with Gasteiger partial charge in [0.05, 0.1) is 23.4 Å². The van der Waals surface area contributed by atoms with Crippen molar-refractivity contribution in [1.82, 2.24) is 5.43 Å². The Hall–Kier alpha value is -4.11. The van der Waals surface area contributed by atoms with E-state index in [1.165, 1.54) is 18.3 Å². The molecule has 38 heavy (non-hydrogen) atoms. The Morgan fingerprint density at radius 2 is 1.71 bits per heavy atom. The van der Waals surface area contributed by atoms with E-state index in [9.17, 15) is 13.2 Å². The van der Waals surface area contributed by atoms with Gasteiger partial charge in [0, 0.05) is 0 Å². The van der Waals surface area contributed by atoms with Gasteiger partial charge in [0.1, 0.15) is 13.2 Å². The number of rotatable bonds is 12. The minimum atomic E-state index is -4.01. The van der Waals surface area contributed by atoms with E-state index >= 15 is 0 Å². The largest absolute Gasteiger partial charge is 0.490 e. The molecule has 3 aromatic carbocycles. The molecule has 1 N–H and O–H groups in total. The van der Waals surface area contributed by atoms with Gasteiger partial charge in [0.25, 0.3) is 15.9 Å². The number of nitrogens with one attached hydrogen (secondary N) is 1. The number of aryl methyl sites for hydroxylation is 3. The SMILES string of the molecule is C=CCOc1ccc(/C=N\NC(=O)CN(c2ccc(C)c(C)c2)S(=O)(=O)c2ccc(C)cc2)cc1OCC. The number of carbonyl (C=O) groups is 1. The first kappa shape index (κ1) is 28.5. The third-order valence-corrected chi connectivity index (χ3v) is 7.49. The van der Waals surface area contributed by atoms with Crippen molar-refractivity contribution in [3.8, 4) is 11.5 Å². The van der Waals surface area contributed by atoms with Gasteiger partial charge in [-0.1, -0.05) is 36.4 Å². The molecule has 8 nitrogen and oxygen atoms in total. The number of hydrazone groups is 1. The zero-order valence-electron chi connectivity index (χ0n) is 22.1. The molecule has 0 aromatic heterocycles. The molecule has 0 fully saturated rings. The molecule has 1 amide bonds. The molecule has 3 aromatic rings. The van der Waals surface area contributed by atoms with Crippen LogP contribution in [0.15, 0.2) is 83.3 Å². The lowest BCUT2D eigenvalue weighted by atomic mass is 10.1. The van der Waals surface area contributed by atoms with E-state index in [4.69, 9.17) is 9.47 Å². The summed E-state index contributed by atoms with van der Waals surface area (Å²) in [7, 11) is -4.01. The Morgan fingerprint density at radius 1 is 0.974 bits per heavy atom. The van der Waals surface area contributed by atoms with Crippen molar-refractivity contribution in [1.29, 1.82) is 0 Å². The highest BCUT2D eigenvalue weighted by Crippen LogP contribution is 2.28. The summed E-state index contributed by atoms with van der Waals surface area (Å²) in [4.78, 5) is 13.0. The second-order valence-electron chi connectivity index (χ2n) is 8.63. The Labute approximate surface area is 224 Å². The highest BCUT2D eigenvalue weighted by molar-refractivity contribution is 7.92. The molecule has 0 radical (unpaired) electrons. The number of nitrogens with zero attached hydrogens (tertiary/aromatic N) is 2. The summed E-state index contributed by atoms with van der Waals surface area (Å²) in [6, 6.07) is 17.0. The second-order valence-corrected chi connectivity index (χ2v) is 10.5. The van der Waals surface area contributed by atoms with Gasteiger partial charge in [-0.3, -0.25) is 9.10 Å². The number of anilines is 1. The third-order valence-electron chi connectivity index (χ3n) is 5.70. The summed E-state index contributed by atoms with van der Waals surface area (Å²) in [5.74, 6) is 0.513. The monoisotopic (exact) mass is 535 g/mol. The molecule has 3 rings (SSSR count). The number of amides is 1. The lowest BCUT2D eigenvalue weighted by Crippen LogP contribution is -2.39. The molecule has 0 atom stereocenters. The van der Waals surface area contributed by atoms with Gasteiger partial charge in [-0.15, -0.1) is 0 Å². The normalized spacial score (nSPS) is 11.3. The van der Waals surface area contributed by atoms with Crippen molar-refractivity contribution in [3.63, 3.8) is 0 Å². The van der Waals surface area contributed by atoms with Crippen molar-refractivity contribution in [2.24, 2.45) is 5.10 Å². The summed E-state index contributed by atoms with van der Waals surface area (Å²) in [5, 5.41) is 4.02. The van der Waals surface area contributed by atoms with Crippen molar-refractivity contribution in [3.05, 3.63) is 95.6 Å². The average molecular weight is 536 g/mol. The van der Waals surface area contributed by atoms with E-state index in [0.717, 1.165) is 21.0 Å². The van der Waals surface area contributed by atoms with Gasteiger partial charge in [-0.2, -0.15) is 5.10 Å². The number of ether oxygens (including phenoxy) is 2. The van der Waals surface area contributed by atoms with Crippen LogP contribution >= 0.6 is 0 Å². The van der Waals surface area contributed by atoms with E-state index in [0.29, 0.717) is 36.0 Å². The molecular formula is C29H33N3O5S. The molecular weight excluding hydrogens is 502 g/mol.